The van der Waals surface area contributed by atoms with Crippen LogP contribution < -0.4 is 15.6 Å². The molecule has 8 nitrogen and oxygen atoms in total. The van der Waals surface area contributed by atoms with E-state index in [0.29, 0.717) is 22.8 Å². The van der Waals surface area contributed by atoms with Gasteiger partial charge >= 0.3 is 0 Å². The molecule has 4 rings (SSSR count). The molecule has 1 aliphatic rings. The third kappa shape index (κ3) is 3.36. The highest BCUT2D eigenvalue weighted by Gasteiger charge is 2.31. The molecule has 0 radical (unpaired) electrons. The molecule has 0 spiro atoms. The zero-order chi connectivity index (χ0) is 21.3. The number of aromatic nitrogens is 2. The van der Waals surface area contributed by atoms with Crippen molar-refractivity contribution in [2.45, 2.75) is 19.4 Å². The lowest BCUT2D eigenvalue weighted by atomic mass is 10.0. The Labute approximate surface area is 173 Å². The molecule has 1 N–H and O–H groups in total. The number of carbonyl (C=O) groups excluding carboxylic acids is 1. The molecule has 1 atom stereocenters. The second-order valence-electron chi connectivity index (χ2n) is 6.96. The first-order chi connectivity index (χ1) is 14.5. The van der Waals surface area contributed by atoms with Gasteiger partial charge in [-0.25, -0.2) is 4.68 Å². The van der Waals surface area contributed by atoms with Gasteiger partial charge in [-0.1, -0.05) is 35.5 Å². The van der Waals surface area contributed by atoms with Crippen LogP contribution in [0, 0.1) is 6.92 Å². The summed E-state index contributed by atoms with van der Waals surface area (Å²) >= 11 is 0. The Balaban J connectivity index is 1.54. The quantitative estimate of drug-likeness (QED) is 0.706. The number of nitrogens with zero attached hydrogens (tertiary/aromatic N) is 3. The van der Waals surface area contributed by atoms with E-state index in [0.717, 1.165) is 5.56 Å². The second-order valence-corrected chi connectivity index (χ2v) is 6.96. The number of carbonyl (C=O) groups is 1. The van der Waals surface area contributed by atoms with Gasteiger partial charge in [-0.3, -0.25) is 14.3 Å². The molecule has 2 aromatic carbocycles. The van der Waals surface area contributed by atoms with Crippen LogP contribution in [0.15, 0.2) is 64.5 Å². The van der Waals surface area contributed by atoms with E-state index in [-0.39, 0.29) is 17.7 Å². The number of nitrogens with one attached hydrogen (secondary N) is 1. The number of amides is 1. The summed E-state index contributed by atoms with van der Waals surface area (Å²) in [6.07, 6.45) is -0.542. The maximum absolute atomic E-state index is 13.0. The molecular formula is C22H22N4O4. The molecule has 0 saturated carbocycles. The Hall–Kier alpha value is -3.81. The number of hydrogen-bond donors (Lipinski definition) is 1. The summed E-state index contributed by atoms with van der Waals surface area (Å²) in [7, 11) is 3.35. The lowest BCUT2D eigenvalue weighted by molar-refractivity contribution is -0.125. The van der Waals surface area contributed by atoms with Crippen molar-refractivity contribution in [1.29, 1.82) is 0 Å². The normalized spacial score (nSPS) is 15.4. The number of rotatable bonds is 5. The number of methoxy groups -OCH3 is 1. The van der Waals surface area contributed by atoms with Gasteiger partial charge in [0.2, 0.25) is 6.10 Å². The summed E-state index contributed by atoms with van der Waals surface area (Å²) in [6.45, 7) is 1.78. The Morgan fingerprint density at radius 2 is 1.87 bits per heavy atom. The van der Waals surface area contributed by atoms with Crippen LogP contribution in [-0.4, -0.2) is 34.2 Å². The van der Waals surface area contributed by atoms with E-state index in [1.54, 1.807) is 25.8 Å². The summed E-state index contributed by atoms with van der Waals surface area (Å²) < 4.78 is 8.57. The largest absolute Gasteiger partial charge is 0.496 e. The minimum absolute atomic E-state index is 0.223. The number of oxime groups is 1. The van der Waals surface area contributed by atoms with Crippen LogP contribution >= 0.6 is 0 Å². The minimum atomic E-state index is -0.825. The molecule has 0 saturated heterocycles. The van der Waals surface area contributed by atoms with Crippen molar-refractivity contribution < 1.29 is 14.4 Å². The summed E-state index contributed by atoms with van der Waals surface area (Å²) in [4.78, 5) is 31.1. The van der Waals surface area contributed by atoms with E-state index in [1.165, 1.54) is 4.68 Å². The summed E-state index contributed by atoms with van der Waals surface area (Å²) in [5.74, 6) is 0.236. The van der Waals surface area contributed by atoms with Crippen LogP contribution in [0.3, 0.4) is 0 Å². The van der Waals surface area contributed by atoms with E-state index in [2.05, 4.69) is 10.5 Å². The average molecular weight is 406 g/mol. The predicted molar refractivity (Wildman–Crippen MR) is 113 cm³/mol. The Bertz CT molecular complexity index is 1180. The van der Waals surface area contributed by atoms with Gasteiger partial charge in [0.05, 0.1) is 24.2 Å². The van der Waals surface area contributed by atoms with Crippen LogP contribution in [0.2, 0.25) is 0 Å². The third-order valence-electron chi connectivity index (χ3n) is 5.18. The van der Waals surface area contributed by atoms with Gasteiger partial charge in [0.1, 0.15) is 11.4 Å². The monoisotopic (exact) mass is 406 g/mol. The van der Waals surface area contributed by atoms with Crippen molar-refractivity contribution >= 4 is 17.3 Å². The number of anilines is 1. The topological polar surface area (TPSA) is 86.8 Å². The van der Waals surface area contributed by atoms with E-state index < -0.39 is 12.0 Å². The van der Waals surface area contributed by atoms with Crippen molar-refractivity contribution in [3.63, 3.8) is 0 Å². The number of hydrogen-bond acceptors (Lipinski definition) is 5. The zero-order valence-corrected chi connectivity index (χ0v) is 17.0. The molecule has 0 fully saturated rings. The van der Waals surface area contributed by atoms with Crippen molar-refractivity contribution in [3.8, 4) is 11.4 Å². The molecule has 30 heavy (non-hydrogen) atoms. The van der Waals surface area contributed by atoms with Gasteiger partial charge in [0, 0.05) is 19.0 Å². The van der Waals surface area contributed by atoms with E-state index in [4.69, 9.17) is 9.57 Å². The van der Waals surface area contributed by atoms with Gasteiger partial charge in [0.15, 0.2) is 0 Å². The lowest BCUT2D eigenvalue weighted by Crippen LogP contribution is -2.30. The number of benzene rings is 2. The van der Waals surface area contributed by atoms with Crippen molar-refractivity contribution in [1.82, 2.24) is 9.36 Å². The standard InChI is InChI=1S/C22H22N4O4/c1-14-20(22(28)26(25(14)2)15-9-5-4-6-10-15)23-21(27)19-13-17(24-30-19)16-11-7-8-12-18(16)29-3/h4-12,19H,13H2,1-3H3,(H,23,27). The maximum atomic E-state index is 13.0. The molecule has 2 heterocycles. The van der Waals surface area contributed by atoms with Crippen LogP contribution in [0.5, 0.6) is 5.75 Å². The Morgan fingerprint density at radius 3 is 2.60 bits per heavy atom. The maximum Gasteiger partial charge on any atom is 0.295 e. The highest BCUT2D eigenvalue weighted by molar-refractivity contribution is 6.07. The third-order valence-corrected chi connectivity index (χ3v) is 5.18. The van der Waals surface area contributed by atoms with Gasteiger partial charge in [-0.15, -0.1) is 0 Å². The van der Waals surface area contributed by atoms with Crippen molar-refractivity contribution in [3.05, 3.63) is 76.2 Å². The number of ether oxygens (including phenoxy) is 1. The first-order valence-electron chi connectivity index (χ1n) is 9.52. The minimum Gasteiger partial charge on any atom is -0.496 e. The summed E-state index contributed by atoms with van der Waals surface area (Å²) in [5, 5.41) is 6.79. The molecule has 0 bridgehead atoms. The molecule has 1 aromatic heterocycles. The zero-order valence-electron chi connectivity index (χ0n) is 17.0. The van der Waals surface area contributed by atoms with Gasteiger partial charge in [0.25, 0.3) is 11.5 Å². The van der Waals surface area contributed by atoms with Crippen molar-refractivity contribution in [2.24, 2.45) is 12.2 Å². The molecule has 3 aromatic rings. The van der Waals surface area contributed by atoms with E-state index in [1.807, 2.05) is 54.6 Å². The molecule has 1 unspecified atom stereocenters. The first-order valence-corrected chi connectivity index (χ1v) is 9.52. The Morgan fingerprint density at radius 1 is 1.17 bits per heavy atom. The average Bonchev–Trinajstić information content (AvgIpc) is 3.34. The van der Waals surface area contributed by atoms with Crippen LogP contribution in [0.1, 0.15) is 17.7 Å². The smallest absolute Gasteiger partial charge is 0.295 e. The van der Waals surface area contributed by atoms with E-state index >= 15 is 0 Å². The summed E-state index contributed by atoms with van der Waals surface area (Å²) in [6, 6.07) is 16.7. The lowest BCUT2D eigenvalue weighted by Gasteiger charge is -2.09. The molecule has 1 aliphatic heterocycles. The first kappa shape index (κ1) is 19.5. The fraction of sp³-hybridized carbons (Fsp3) is 0.227. The predicted octanol–water partition coefficient (Wildman–Crippen LogP) is 2.62. The van der Waals surface area contributed by atoms with Gasteiger partial charge in [-0.05, 0) is 31.2 Å². The molecular weight excluding hydrogens is 384 g/mol. The summed E-state index contributed by atoms with van der Waals surface area (Å²) in [5.41, 5.74) is 2.67. The number of para-hydroxylation sites is 2. The van der Waals surface area contributed by atoms with Crippen LogP contribution in [-0.2, 0) is 16.7 Å². The Kier molecular flexibility index (Phi) is 5.14. The van der Waals surface area contributed by atoms with E-state index in [9.17, 15) is 9.59 Å². The van der Waals surface area contributed by atoms with Crippen LogP contribution in [0.4, 0.5) is 5.69 Å². The van der Waals surface area contributed by atoms with Gasteiger partial charge < -0.3 is 14.9 Å². The molecule has 154 valence electrons. The highest BCUT2D eigenvalue weighted by Crippen LogP contribution is 2.25. The van der Waals surface area contributed by atoms with Crippen molar-refractivity contribution in [2.75, 3.05) is 12.4 Å². The molecule has 0 aliphatic carbocycles. The fourth-order valence-corrected chi connectivity index (χ4v) is 3.48. The second kappa shape index (κ2) is 7.90. The van der Waals surface area contributed by atoms with Gasteiger partial charge in [-0.2, -0.15) is 0 Å². The highest BCUT2D eigenvalue weighted by atomic mass is 16.6. The fourth-order valence-electron chi connectivity index (χ4n) is 3.48. The SMILES string of the molecule is COc1ccccc1C1=NOC(C(=O)Nc2c(C)n(C)n(-c3ccccc3)c2=O)C1. The molecule has 1 amide bonds. The van der Waals surface area contributed by atoms with Crippen LogP contribution in [0.25, 0.3) is 5.69 Å². The molecule has 8 heteroatoms.